The van der Waals surface area contributed by atoms with Crippen LogP contribution in [-0.2, 0) is 6.42 Å². The Labute approximate surface area is 156 Å². The lowest BCUT2D eigenvalue weighted by Gasteiger charge is -2.05. The van der Waals surface area contributed by atoms with Crippen molar-refractivity contribution in [3.8, 4) is 16.9 Å². The molecule has 0 aliphatic rings. The van der Waals surface area contributed by atoms with E-state index in [0.717, 1.165) is 46.2 Å². The maximum Gasteiger partial charge on any atom is 0.249 e. The number of aryl methyl sites for hydroxylation is 5. The Morgan fingerprint density at radius 2 is 1.88 bits per heavy atom. The molecule has 0 radical (unpaired) electrons. The van der Waals surface area contributed by atoms with E-state index in [1.54, 1.807) is 4.68 Å². The number of hydrogen-bond acceptors (Lipinski definition) is 4. The van der Waals surface area contributed by atoms with E-state index >= 15 is 0 Å². The molecule has 0 N–H and O–H groups in total. The summed E-state index contributed by atoms with van der Waals surface area (Å²) >= 11 is 6.53. The average molecular weight is 370 g/mol. The number of halogens is 1. The average Bonchev–Trinajstić information content (AvgIpc) is 3.18. The first kappa shape index (κ1) is 16.8. The number of hydrogen-bond donors (Lipinski definition) is 0. The molecular formula is C19H20ClN5O. The number of rotatable bonds is 3. The topological polar surface area (TPSA) is 61.2 Å². The maximum atomic E-state index is 6.53. The fourth-order valence-corrected chi connectivity index (χ4v) is 3.64. The molecular weight excluding hydrogens is 350 g/mol. The van der Waals surface area contributed by atoms with E-state index in [0.29, 0.717) is 16.6 Å². The second-order valence-electron chi connectivity index (χ2n) is 6.48. The van der Waals surface area contributed by atoms with Gasteiger partial charge in [0.25, 0.3) is 0 Å². The number of fused-ring (bicyclic) bond motifs is 1. The van der Waals surface area contributed by atoms with Crippen molar-refractivity contribution in [2.75, 3.05) is 0 Å². The van der Waals surface area contributed by atoms with E-state index in [1.165, 1.54) is 0 Å². The van der Waals surface area contributed by atoms with Crippen LogP contribution < -0.4 is 0 Å². The molecule has 0 saturated heterocycles. The zero-order chi connectivity index (χ0) is 18.6. The van der Waals surface area contributed by atoms with Gasteiger partial charge in [0, 0.05) is 12.0 Å². The van der Waals surface area contributed by atoms with Crippen molar-refractivity contribution in [2.45, 2.75) is 41.0 Å². The van der Waals surface area contributed by atoms with Crippen LogP contribution in [-0.4, -0.2) is 24.4 Å². The molecule has 0 bridgehead atoms. The number of aromatic nitrogens is 5. The summed E-state index contributed by atoms with van der Waals surface area (Å²) in [5, 5.41) is 9.91. The van der Waals surface area contributed by atoms with E-state index in [9.17, 15) is 0 Å². The van der Waals surface area contributed by atoms with Gasteiger partial charge in [0.1, 0.15) is 23.1 Å². The molecule has 4 aromatic rings. The van der Waals surface area contributed by atoms with Crippen molar-refractivity contribution in [1.82, 2.24) is 24.4 Å². The molecule has 3 heterocycles. The predicted octanol–water partition coefficient (Wildman–Crippen LogP) is 4.62. The molecule has 0 fully saturated rings. The molecule has 134 valence electrons. The number of oxazole rings is 1. The molecule has 0 saturated carbocycles. The number of nitrogens with zero attached hydrogens (tertiary/aromatic N) is 5. The Morgan fingerprint density at radius 3 is 2.50 bits per heavy atom. The van der Waals surface area contributed by atoms with Gasteiger partial charge in [-0.25, -0.2) is 9.67 Å². The standard InChI is InChI=1S/C19H20ClN5O/c1-6-16-18(14-8-7-10(2)9-15(14)20)25-19(26-16)17(11(3)22-25)24-13(5)21-12(4)23-24/h7-9H,6H2,1-5H3. The largest absolute Gasteiger partial charge is 0.439 e. The predicted molar refractivity (Wildman–Crippen MR) is 101 cm³/mol. The molecule has 6 nitrogen and oxygen atoms in total. The van der Waals surface area contributed by atoms with Gasteiger partial charge in [-0.1, -0.05) is 30.7 Å². The Balaban J connectivity index is 2.04. The third kappa shape index (κ3) is 2.44. The molecule has 3 aromatic heterocycles. The van der Waals surface area contributed by atoms with Gasteiger partial charge in [-0.3, -0.25) is 0 Å². The molecule has 1 aromatic carbocycles. The zero-order valence-electron chi connectivity index (χ0n) is 15.5. The van der Waals surface area contributed by atoms with E-state index in [-0.39, 0.29) is 0 Å². The van der Waals surface area contributed by atoms with Gasteiger partial charge in [0.15, 0.2) is 5.69 Å². The van der Waals surface area contributed by atoms with Gasteiger partial charge < -0.3 is 4.42 Å². The van der Waals surface area contributed by atoms with Crippen LogP contribution in [0.1, 0.15) is 35.6 Å². The fraction of sp³-hybridized carbons (Fsp3) is 0.316. The summed E-state index contributed by atoms with van der Waals surface area (Å²) in [6.07, 6.45) is 0.733. The number of benzene rings is 1. The van der Waals surface area contributed by atoms with E-state index in [2.05, 4.69) is 17.0 Å². The first-order valence-electron chi connectivity index (χ1n) is 8.58. The summed E-state index contributed by atoms with van der Waals surface area (Å²) < 4.78 is 9.83. The molecule has 0 amide bonds. The molecule has 0 unspecified atom stereocenters. The van der Waals surface area contributed by atoms with Gasteiger partial charge in [-0.2, -0.15) is 14.7 Å². The molecule has 0 spiro atoms. The van der Waals surface area contributed by atoms with Crippen LogP contribution in [0.5, 0.6) is 0 Å². The van der Waals surface area contributed by atoms with Crippen molar-refractivity contribution < 1.29 is 4.42 Å². The van der Waals surface area contributed by atoms with Crippen LogP contribution in [0.3, 0.4) is 0 Å². The molecule has 7 heteroatoms. The molecule has 0 aliphatic carbocycles. The highest BCUT2D eigenvalue weighted by molar-refractivity contribution is 6.33. The lowest BCUT2D eigenvalue weighted by atomic mass is 10.1. The van der Waals surface area contributed by atoms with Crippen LogP contribution in [0, 0.1) is 27.7 Å². The summed E-state index contributed by atoms with van der Waals surface area (Å²) in [5.74, 6) is 2.35. The highest BCUT2D eigenvalue weighted by atomic mass is 35.5. The van der Waals surface area contributed by atoms with Crippen molar-refractivity contribution in [3.05, 3.63) is 51.9 Å². The minimum Gasteiger partial charge on any atom is -0.439 e. The first-order valence-corrected chi connectivity index (χ1v) is 8.96. The second kappa shape index (κ2) is 5.99. The zero-order valence-corrected chi connectivity index (χ0v) is 16.2. The molecule has 26 heavy (non-hydrogen) atoms. The summed E-state index contributed by atoms with van der Waals surface area (Å²) in [6.45, 7) is 9.82. The highest BCUT2D eigenvalue weighted by Gasteiger charge is 2.25. The Kier molecular flexibility index (Phi) is 3.88. The molecule has 0 atom stereocenters. The van der Waals surface area contributed by atoms with Gasteiger partial charge in [0.2, 0.25) is 5.71 Å². The third-order valence-corrected chi connectivity index (χ3v) is 4.78. The summed E-state index contributed by atoms with van der Waals surface area (Å²) in [5.41, 5.74) is 5.20. The summed E-state index contributed by atoms with van der Waals surface area (Å²) in [6, 6.07) is 6.02. The minimum absolute atomic E-state index is 0.652. The summed E-state index contributed by atoms with van der Waals surface area (Å²) in [7, 11) is 0. The van der Waals surface area contributed by atoms with Crippen molar-refractivity contribution >= 4 is 17.3 Å². The van der Waals surface area contributed by atoms with Crippen LogP contribution in [0.25, 0.3) is 22.7 Å². The first-order chi connectivity index (χ1) is 12.4. The smallest absolute Gasteiger partial charge is 0.249 e. The van der Waals surface area contributed by atoms with Crippen LogP contribution in [0.15, 0.2) is 22.6 Å². The van der Waals surface area contributed by atoms with Crippen molar-refractivity contribution in [1.29, 1.82) is 0 Å². The van der Waals surface area contributed by atoms with Crippen LogP contribution in [0.2, 0.25) is 5.02 Å². The summed E-state index contributed by atoms with van der Waals surface area (Å²) in [4.78, 5) is 4.40. The van der Waals surface area contributed by atoms with Gasteiger partial charge in [0.05, 0.1) is 10.7 Å². The molecule has 0 aliphatic heterocycles. The van der Waals surface area contributed by atoms with E-state index in [1.807, 2.05) is 50.4 Å². The Bertz CT molecular complexity index is 1130. The quantitative estimate of drug-likeness (QED) is 0.528. The van der Waals surface area contributed by atoms with Gasteiger partial charge in [-0.15, -0.1) is 0 Å². The van der Waals surface area contributed by atoms with Crippen molar-refractivity contribution in [3.63, 3.8) is 0 Å². The SMILES string of the molecule is CCc1oc2c(-n3nc(C)nc3C)c(C)nn2c1-c1ccc(C)cc1Cl. The van der Waals surface area contributed by atoms with Gasteiger partial charge >= 0.3 is 0 Å². The van der Waals surface area contributed by atoms with E-state index in [4.69, 9.17) is 21.1 Å². The Hall–Kier alpha value is -2.60. The minimum atomic E-state index is 0.652. The lowest BCUT2D eigenvalue weighted by molar-refractivity contribution is 0.550. The highest BCUT2D eigenvalue weighted by Crippen LogP contribution is 2.36. The maximum absolute atomic E-state index is 6.53. The fourth-order valence-electron chi connectivity index (χ4n) is 3.32. The van der Waals surface area contributed by atoms with Crippen molar-refractivity contribution in [2.24, 2.45) is 0 Å². The lowest BCUT2D eigenvalue weighted by Crippen LogP contribution is -2.00. The Morgan fingerprint density at radius 1 is 1.12 bits per heavy atom. The van der Waals surface area contributed by atoms with Gasteiger partial charge in [-0.05, 0) is 39.3 Å². The van der Waals surface area contributed by atoms with Crippen LogP contribution >= 0.6 is 11.6 Å². The van der Waals surface area contributed by atoms with Crippen LogP contribution in [0.4, 0.5) is 0 Å². The normalized spacial score (nSPS) is 11.6. The monoisotopic (exact) mass is 369 g/mol. The molecule has 4 rings (SSSR count). The third-order valence-electron chi connectivity index (χ3n) is 4.47. The van der Waals surface area contributed by atoms with E-state index < -0.39 is 0 Å². The second-order valence-corrected chi connectivity index (χ2v) is 6.89.